The minimum absolute atomic E-state index is 0.124. The minimum atomic E-state index is -3.35. The lowest BCUT2D eigenvalue weighted by molar-refractivity contribution is -0.350. The molecule has 10 atom stereocenters. The Hall–Kier alpha value is -4.14. The maximum atomic E-state index is 13.4. The third-order valence-corrected chi connectivity index (χ3v) is 17.5. The number of halogens is 3. The molecule has 20 heteroatoms. The van der Waals surface area contributed by atoms with Crippen LogP contribution in [0.1, 0.15) is 72.8 Å². The summed E-state index contributed by atoms with van der Waals surface area (Å²) < 4.78 is 63.9. The fraction of sp³-hybridized carbons (Fsp3) is 0.549. The van der Waals surface area contributed by atoms with Gasteiger partial charge in [0.25, 0.3) is 8.32 Å². The molecule has 1 amide bonds. The van der Waals surface area contributed by atoms with E-state index < -0.39 is 116 Å². The standard InChI is InChI=1S/C51H66Cl3NO15Si/c1-33(56)55-43-46(68-41(59)28-53)44(39(31-61-30-36-20-12-9-13-21-36)66-49(43)62-27-19-8-7-18-26-52)70-50-48(65-35(3)58)47(69-42(60)29-54)45(64-34(2)57)40(67-50)32-63-71(51(4,5)6,37-22-14-10-15-23-37)38-24-16-11-17-25-38/h9-17,20-25,39-40,43-50H,7-8,18-19,26-32H2,1-6H3,(H,55,56)/t39-,40-,43-,44-,45+,46-,47+,48-,49-,50+/m1/s1. The molecular weight excluding hydrogens is 1000 g/mol. The van der Waals surface area contributed by atoms with Gasteiger partial charge in [0, 0.05) is 33.3 Å². The van der Waals surface area contributed by atoms with Crippen LogP contribution in [0.25, 0.3) is 0 Å². The summed E-state index contributed by atoms with van der Waals surface area (Å²) in [4.78, 5) is 65.8. The number of hydrogen-bond acceptors (Lipinski definition) is 15. The quantitative estimate of drug-likeness (QED) is 0.0337. The number of carbonyl (C=O) groups is 5. The lowest BCUT2D eigenvalue weighted by Gasteiger charge is -2.50. The van der Waals surface area contributed by atoms with E-state index in [1.54, 1.807) is 0 Å². The predicted molar refractivity (Wildman–Crippen MR) is 267 cm³/mol. The number of esters is 4. The van der Waals surface area contributed by atoms with Gasteiger partial charge in [-0.1, -0.05) is 125 Å². The molecule has 0 spiro atoms. The Morgan fingerprint density at radius 3 is 1.66 bits per heavy atom. The number of carbonyl (C=O) groups excluding carboxylic acids is 5. The van der Waals surface area contributed by atoms with Gasteiger partial charge in [-0.05, 0) is 33.8 Å². The summed E-state index contributed by atoms with van der Waals surface area (Å²) >= 11 is 18.0. The normalized spacial score (nSPS) is 24.6. The molecule has 0 aliphatic carbocycles. The molecule has 16 nitrogen and oxygen atoms in total. The first kappa shape index (κ1) is 57.8. The molecule has 390 valence electrons. The number of nitrogens with one attached hydrogen (secondary N) is 1. The summed E-state index contributed by atoms with van der Waals surface area (Å²) in [5.41, 5.74) is 0.835. The molecule has 71 heavy (non-hydrogen) atoms. The van der Waals surface area contributed by atoms with E-state index in [2.05, 4.69) is 26.1 Å². The lowest BCUT2D eigenvalue weighted by Crippen LogP contribution is -2.70. The van der Waals surface area contributed by atoms with Gasteiger partial charge in [-0.25, -0.2) is 0 Å². The topological polar surface area (TPSA) is 190 Å². The van der Waals surface area contributed by atoms with Gasteiger partial charge in [0.05, 0.1) is 19.8 Å². The van der Waals surface area contributed by atoms with Gasteiger partial charge in [-0.15, -0.1) is 34.8 Å². The van der Waals surface area contributed by atoms with E-state index in [4.69, 9.17) is 81.9 Å². The third-order valence-electron chi connectivity index (χ3n) is 11.8. The number of rotatable bonds is 25. The van der Waals surface area contributed by atoms with Crippen LogP contribution in [0.5, 0.6) is 0 Å². The Labute approximate surface area is 431 Å². The van der Waals surface area contributed by atoms with E-state index in [9.17, 15) is 24.0 Å². The molecule has 2 aliphatic rings. The monoisotopic (exact) mass is 1070 g/mol. The Balaban J connectivity index is 1.65. The SMILES string of the molecule is CC(=O)N[C@H]1[C@H](OCCCCCCCl)O[C@H](COCc2ccccc2)[C@@H](O[C@@H]2O[C@H](CO[Si](c3ccccc3)(c3ccccc3)C(C)(C)C)[C@H](OC(C)=O)[C@H](OC(=O)CCl)[C@H]2OC(C)=O)[C@@H]1OC(=O)CCl. The zero-order valence-electron chi connectivity index (χ0n) is 41.0. The first-order valence-electron chi connectivity index (χ1n) is 23.7. The lowest BCUT2D eigenvalue weighted by atomic mass is 9.94. The van der Waals surface area contributed by atoms with Crippen molar-refractivity contribution >= 4 is 83.3 Å². The summed E-state index contributed by atoms with van der Waals surface area (Å²) in [6, 6.07) is 27.6. The third kappa shape index (κ3) is 16.2. The van der Waals surface area contributed by atoms with E-state index in [0.717, 1.165) is 42.1 Å². The van der Waals surface area contributed by atoms with E-state index in [1.165, 1.54) is 13.8 Å². The first-order valence-corrected chi connectivity index (χ1v) is 27.2. The second kappa shape index (κ2) is 28.3. The van der Waals surface area contributed by atoms with Crippen LogP contribution < -0.4 is 15.7 Å². The van der Waals surface area contributed by atoms with Crippen molar-refractivity contribution in [3.8, 4) is 0 Å². The van der Waals surface area contributed by atoms with Crippen LogP contribution in [0.3, 0.4) is 0 Å². The maximum absolute atomic E-state index is 13.4. The fourth-order valence-corrected chi connectivity index (χ4v) is 13.8. The maximum Gasteiger partial charge on any atom is 0.321 e. The highest BCUT2D eigenvalue weighted by Gasteiger charge is 2.58. The smallest absolute Gasteiger partial charge is 0.321 e. The average molecular weight is 1070 g/mol. The number of hydrogen-bond donors (Lipinski definition) is 1. The van der Waals surface area contributed by atoms with Gasteiger partial charge in [0.15, 0.2) is 37.0 Å². The van der Waals surface area contributed by atoms with Gasteiger partial charge in [-0.2, -0.15) is 0 Å². The zero-order valence-corrected chi connectivity index (χ0v) is 44.2. The van der Waals surface area contributed by atoms with Crippen molar-refractivity contribution in [2.75, 3.05) is 37.5 Å². The summed E-state index contributed by atoms with van der Waals surface area (Å²) in [5.74, 6) is -4.69. The van der Waals surface area contributed by atoms with Crippen molar-refractivity contribution < 1.29 is 71.0 Å². The van der Waals surface area contributed by atoms with Crippen LogP contribution in [0.4, 0.5) is 0 Å². The molecule has 0 bridgehead atoms. The van der Waals surface area contributed by atoms with Crippen molar-refractivity contribution in [3.63, 3.8) is 0 Å². The molecule has 0 unspecified atom stereocenters. The predicted octanol–water partition coefficient (Wildman–Crippen LogP) is 6.10. The number of unbranched alkanes of at least 4 members (excludes halogenated alkanes) is 3. The van der Waals surface area contributed by atoms with Gasteiger partial charge in [0.1, 0.15) is 36.1 Å². The van der Waals surface area contributed by atoms with Crippen molar-refractivity contribution in [1.82, 2.24) is 5.32 Å². The molecular formula is C51H66Cl3NO15Si. The van der Waals surface area contributed by atoms with Crippen molar-refractivity contribution in [2.24, 2.45) is 0 Å². The highest BCUT2D eigenvalue weighted by molar-refractivity contribution is 6.99. The van der Waals surface area contributed by atoms with Gasteiger partial charge in [-0.3, -0.25) is 24.0 Å². The summed E-state index contributed by atoms with van der Waals surface area (Å²) in [7, 11) is -3.35. The average Bonchev–Trinajstić information content (AvgIpc) is 3.34. The Morgan fingerprint density at radius 2 is 1.13 bits per heavy atom. The van der Waals surface area contributed by atoms with E-state index in [1.807, 2.05) is 91.0 Å². The molecule has 2 saturated heterocycles. The summed E-state index contributed by atoms with van der Waals surface area (Å²) in [6.07, 6.45) is -9.97. The highest BCUT2D eigenvalue weighted by atomic mass is 35.5. The molecule has 3 aromatic rings. The number of benzene rings is 3. The van der Waals surface area contributed by atoms with E-state index in [-0.39, 0.29) is 26.4 Å². The van der Waals surface area contributed by atoms with Crippen LogP contribution in [-0.2, 0) is 77.6 Å². The van der Waals surface area contributed by atoms with E-state index >= 15 is 0 Å². The van der Waals surface area contributed by atoms with Gasteiger partial charge < -0.3 is 52.4 Å². The molecule has 2 fully saturated rings. The molecule has 5 rings (SSSR count). The molecule has 0 radical (unpaired) electrons. The second-order valence-electron chi connectivity index (χ2n) is 18.2. The van der Waals surface area contributed by atoms with Gasteiger partial charge >= 0.3 is 23.9 Å². The Kier molecular flexibility index (Phi) is 23.1. The summed E-state index contributed by atoms with van der Waals surface area (Å²) in [6.45, 7) is 9.61. The number of alkyl halides is 3. The molecule has 2 heterocycles. The fourth-order valence-electron chi connectivity index (χ4n) is 8.89. The van der Waals surface area contributed by atoms with Gasteiger partial charge in [0.2, 0.25) is 5.91 Å². The molecule has 3 aromatic carbocycles. The van der Waals surface area contributed by atoms with Crippen LogP contribution >= 0.6 is 34.8 Å². The molecule has 2 aliphatic heterocycles. The Morgan fingerprint density at radius 1 is 0.606 bits per heavy atom. The Bertz CT molecular complexity index is 2100. The summed E-state index contributed by atoms with van der Waals surface area (Å²) in [5, 5.41) is 4.13. The van der Waals surface area contributed by atoms with Crippen LogP contribution in [-0.4, -0.2) is 137 Å². The second-order valence-corrected chi connectivity index (χ2v) is 23.4. The first-order chi connectivity index (χ1) is 34.0. The van der Waals surface area contributed by atoms with Crippen molar-refractivity contribution in [1.29, 1.82) is 0 Å². The van der Waals surface area contributed by atoms with Crippen molar-refractivity contribution in [2.45, 2.75) is 140 Å². The minimum Gasteiger partial charge on any atom is -0.456 e. The highest BCUT2D eigenvalue weighted by Crippen LogP contribution is 2.39. The molecule has 1 N–H and O–H groups in total. The zero-order chi connectivity index (χ0) is 51.6. The number of amides is 1. The van der Waals surface area contributed by atoms with Crippen LogP contribution in [0.2, 0.25) is 5.04 Å². The van der Waals surface area contributed by atoms with Crippen molar-refractivity contribution in [3.05, 3.63) is 96.6 Å². The van der Waals surface area contributed by atoms with E-state index in [0.29, 0.717) is 12.3 Å². The van der Waals surface area contributed by atoms with Crippen LogP contribution in [0.15, 0.2) is 91.0 Å². The largest absolute Gasteiger partial charge is 0.456 e. The number of ether oxygens (including phenoxy) is 9. The molecule has 0 aromatic heterocycles. The van der Waals surface area contributed by atoms with Crippen LogP contribution in [0, 0.1) is 0 Å². The molecule has 0 saturated carbocycles.